The van der Waals surface area contributed by atoms with Gasteiger partial charge in [0, 0.05) is 55.6 Å². The molecule has 2 heterocycles. The summed E-state index contributed by atoms with van der Waals surface area (Å²) in [7, 11) is 0. The molecule has 1 aliphatic heterocycles. The van der Waals surface area contributed by atoms with Crippen molar-refractivity contribution in [3.63, 3.8) is 0 Å². The Balaban J connectivity index is 1.37. The molecule has 0 amide bonds. The maximum atomic E-state index is 10.8. The van der Waals surface area contributed by atoms with Gasteiger partial charge in [-0.05, 0) is 23.8 Å². The van der Waals surface area contributed by atoms with E-state index in [4.69, 9.17) is 11.2 Å². The first-order chi connectivity index (χ1) is 14.7. The zero-order valence-corrected chi connectivity index (χ0v) is 17.6. The third-order valence-corrected chi connectivity index (χ3v) is 6.11. The molecule has 1 atom stereocenters. The average molecular weight is 420 g/mol. The smallest absolute Gasteiger partial charge is 0.148 e. The second kappa shape index (κ2) is 9.77. The molecule has 1 saturated heterocycles. The van der Waals surface area contributed by atoms with Crippen LogP contribution in [0, 0.1) is 12.3 Å². The van der Waals surface area contributed by atoms with Crippen molar-refractivity contribution in [1.29, 1.82) is 0 Å². The normalized spacial score (nSPS) is 15.5. The van der Waals surface area contributed by atoms with Crippen LogP contribution in [-0.2, 0) is 6.54 Å². The zero-order valence-electron chi connectivity index (χ0n) is 16.8. The fourth-order valence-electron chi connectivity index (χ4n) is 3.73. The Bertz CT molecular complexity index is 974. The van der Waals surface area contributed by atoms with Crippen LogP contribution in [-0.4, -0.2) is 47.8 Å². The summed E-state index contributed by atoms with van der Waals surface area (Å²) in [5.41, 5.74) is 3.27. The number of para-hydroxylation sites is 1. The monoisotopic (exact) mass is 419 g/mol. The minimum Gasteiger partial charge on any atom is -0.481 e. The lowest BCUT2D eigenvalue weighted by Gasteiger charge is -2.37. The van der Waals surface area contributed by atoms with Crippen molar-refractivity contribution in [3.8, 4) is 18.1 Å². The lowest BCUT2D eigenvalue weighted by atomic mass is 10.1. The van der Waals surface area contributed by atoms with Gasteiger partial charge < -0.3 is 14.7 Å². The van der Waals surface area contributed by atoms with Gasteiger partial charge in [-0.1, -0.05) is 36.3 Å². The van der Waals surface area contributed by atoms with E-state index in [1.807, 2.05) is 35.7 Å². The van der Waals surface area contributed by atoms with E-state index in [2.05, 4.69) is 38.9 Å². The highest BCUT2D eigenvalue weighted by atomic mass is 32.1. The Morgan fingerprint density at radius 1 is 1.10 bits per heavy atom. The molecular weight excluding hydrogens is 394 g/mol. The van der Waals surface area contributed by atoms with Gasteiger partial charge in [0.05, 0.1) is 0 Å². The predicted octanol–water partition coefficient (Wildman–Crippen LogP) is 3.56. The summed E-state index contributed by atoms with van der Waals surface area (Å²) in [4.78, 5) is 9.10. The molecule has 154 valence electrons. The standard InChI is InChI=1S/C24H25N3O2S/c1-2-16-29-20-9-7-19(8-10-20)18-26-12-14-27(15-13-26)22-6-4-3-5-21(22)23(28)24-25-11-17-30-24/h1,3-11,17,23,28H,12-16,18H2. The molecule has 3 aromatic rings. The van der Waals surface area contributed by atoms with Crippen molar-refractivity contribution in [3.05, 3.63) is 76.2 Å². The van der Waals surface area contributed by atoms with E-state index in [0.717, 1.165) is 54.7 Å². The summed E-state index contributed by atoms with van der Waals surface area (Å²) in [6.45, 7) is 4.98. The van der Waals surface area contributed by atoms with Crippen molar-refractivity contribution in [1.82, 2.24) is 9.88 Å². The van der Waals surface area contributed by atoms with E-state index < -0.39 is 6.10 Å². The van der Waals surface area contributed by atoms with Gasteiger partial charge in [-0.2, -0.15) is 0 Å². The van der Waals surface area contributed by atoms with E-state index in [0.29, 0.717) is 6.61 Å². The fourth-order valence-corrected chi connectivity index (χ4v) is 4.37. The van der Waals surface area contributed by atoms with Crippen LogP contribution in [0.2, 0.25) is 0 Å². The molecule has 2 aromatic carbocycles. The van der Waals surface area contributed by atoms with Crippen molar-refractivity contribution in [2.45, 2.75) is 12.6 Å². The Kier molecular flexibility index (Phi) is 6.65. The first kappa shape index (κ1) is 20.4. The van der Waals surface area contributed by atoms with Crippen LogP contribution in [0.15, 0.2) is 60.1 Å². The topological polar surface area (TPSA) is 48.8 Å². The molecule has 0 bridgehead atoms. The summed E-state index contributed by atoms with van der Waals surface area (Å²) in [5, 5.41) is 13.4. The molecule has 30 heavy (non-hydrogen) atoms. The van der Waals surface area contributed by atoms with Gasteiger partial charge in [0.25, 0.3) is 0 Å². The highest BCUT2D eigenvalue weighted by molar-refractivity contribution is 7.09. The van der Waals surface area contributed by atoms with Crippen LogP contribution in [0.5, 0.6) is 5.75 Å². The summed E-state index contributed by atoms with van der Waals surface area (Å²) < 4.78 is 5.44. The van der Waals surface area contributed by atoms with Gasteiger partial charge in [0.1, 0.15) is 23.5 Å². The van der Waals surface area contributed by atoms with E-state index in [9.17, 15) is 5.11 Å². The van der Waals surface area contributed by atoms with Crippen LogP contribution in [0.3, 0.4) is 0 Å². The maximum absolute atomic E-state index is 10.8. The summed E-state index contributed by atoms with van der Waals surface area (Å²) in [6.07, 6.45) is 6.28. The molecule has 0 radical (unpaired) electrons. The first-order valence-corrected chi connectivity index (χ1v) is 10.9. The largest absolute Gasteiger partial charge is 0.481 e. The average Bonchev–Trinajstić information content (AvgIpc) is 3.34. The number of aromatic nitrogens is 1. The van der Waals surface area contributed by atoms with Gasteiger partial charge >= 0.3 is 0 Å². The number of benzene rings is 2. The van der Waals surface area contributed by atoms with E-state index >= 15 is 0 Å². The lowest BCUT2D eigenvalue weighted by molar-refractivity contribution is 0.218. The Labute approximate surface area is 181 Å². The molecule has 0 spiro atoms. The molecule has 1 fully saturated rings. The van der Waals surface area contributed by atoms with Crippen LogP contribution in [0.1, 0.15) is 22.2 Å². The number of hydrogen-bond donors (Lipinski definition) is 1. The minimum absolute atomic E-state index is 0.292. The number of thiazole rings is 1. The highest BCUT2D eigenvalue weighted by Crippen LogP contribution is 2.32. The number of aliphatic hydroxyl groups excluding tert-OH is 1. The number of ether oxygens (including phenoxy) is 1. The molecule has 6 heteroatoms. The number of aliphatic hydroxyl groups is 1. The van der Waals surface area contributed by atoms with Gasteiger partial charge in [-0.3, -0.25) is 4.90 Å². The van der Waals surface area contributed by atoms with Crippen LogP contribution < -0.4 is 9.64 Å². The van der Waals surface area contributed by atoms with Gasteiger partial charge in [0.2, 0.25) is 0 Å². The summed E-state index contributed by atoms with van der Waals surface area (Å²) in [6, 6.07) is 16.2. The Hall–Kier alpha value is -2.85. The van der Waals surface area contributed by atoms with Gasteiger partial charge in [0.15, 0.2) is 0 Å². The second-order valence-corrected chi connectivity index (χ2v) is 8.16. The fraction of sp³-hybridized carbons (Fsp3) is 0.292. The molecular formula is C24H25N3O2S. The number of terminal acetylenes is 1. The maximum Gasteiger partial charge on any atom is 0.148 e. The lowest BCUT2D eigenvalue weighted by Crippen LogP contribution is -2.46. The quantitative estimate of drug-likeness (QED) is 0.594. The number of hydrogen-bond acceptors (Lipinski definition) is 6. The molecule has 0 aliphatic carbocycles. The summed E-state index contributed by atoms with van der Waals surface area (Å²) in [5.74, 6) is 3.28. The number of piperazine rings is 1. The van der Waals surface area contributed by atoms with Gasteiger partial charge in [-0.25, -0.2) is 4.98 Å². The molecule has 0 saturated carbocycles. The predicted molar refractivity (Wildman–Crippen MR) is 121 cm³/mol. The van der Waals surface area contributed by atoms with E-state index in [1.54, 1.807) is 6.20 Å². The Morgan fingerprint density at radius 3 is 2.57 bits per heavy atom. The molecule has 1 aliphatic rings. The molecule has 4 rings (SSSR count). The van der Waals surface area contributed by atoms with E-state index in [-0.39, 0.29) is 0 Å². The van der Waals surface area contributed by atoms with E-state index in [1.165, 1.54) is 16.9 Å². The van der Waals surface area contributed by atoms with Crippen molar-refractivity contribution < 1.29 is 9.84 Å². The number of nitrogens with zero attached hydrogens (tertiary/aromatic N) is 3. The zero-order chi connectivity index (χ0) is 20.8. The van der Waals surface area contributed by atoms with Gasteiger partial charge in [-0.15, -0.1) is 17.8 Å². The van der Waals surface area contributed by atoms with Crippen molar-refractivity contribution >= 4 is 17.0 Å². The van der Waals surface area contributed by atoms with Crippen LogP contribution in [0.25, 0.3) is 0 Å². The van der Waals surface area contributed by atoms with Crippen LogP contribution in [0.4, 0.5) is 5.69 Å². The molecule has 1 unspecified atom stereocenters. The number of rotatable bonds is 7. The third kappa shape index (κ3) is 4.82. The SMILES string of the molecule is C#CCOc1ccc(CN2CCN(c3ccccc3C(O)c3nccs3)CC2)cc1. The molecule has 5 nitrogen and oxygen atoms in total. The molecule has 1 N–H and O–H groups in total. The van der Waals surface area contributed by atoms with Crippen molar-refractivity contribution in [2.75, 3.05) is 37.7 Å². The number of anilines is 1. The summed E-state index contributed by atoms with van der Waals surface area (Å²) >= 11 is 1.48. The molecule has 1 aromatic heterocycles. The third-order valence-electron chi connectivity index (χ3n) is 5.28. The van der Waals surface area contributed by atoms with Crippen molar-refractivity contribution in [2.24, 2.45) is 0 Å². The first-order valence-electron chi connectivity index (χ1n) is 10.0. The Morgan fingerprint density at radius 2 is 1.87 bits per heavy atom. The van der Waals surface area contributed by atoms with Crippen LogP contribution >= 0.6 is 11.3 Å². The highest BCUT2D eigenvalue weighted by Gasteiger charge is 2.23. The minimum atomic E-state index is -0.686. The second-order valence-electron chi connectivity index (χ2n) is 7.23.